The molecule has 1 saturated heterocycles. The van der Waals surface area contributed by atoms with Crippen LogP contribution in [0.15, 0.2) is 30.9 Å². The van der Waals surface area contributed by atoms with Crippen LogP contribution in [0.25, 0.3) is 11.2 Å². The normalized spacial score (nSPS) is 22.4. The minimum Gasteiger partial charge on any atom is -0.872 e. The largest absolute Gasteiger partial charge is 1.00 e. The fraction of sp³-hybridized carbons (Fsp3) is 0.294. The van der Waals surface area contributed by atoms with Crippen LogP contribution < -0.4 is 45.1 Å². The molecular formula is C17H16FN6NaO8S. The molecule has 4 atom stereocenters. The number of nitrogens with zero attached hydrogens (tertiary/aromatic N) is 4. The summed E-state index contributed by atoms with van der Waals surface area (Å²) in [7, 11) is -4.76. The topological polar surface area (TPSA) is 215 Å². The summed E-state index contributed by atoms with van der Waals surface area (Å²) in [6, 6.07) is 2.15. The summed E-state index contributed by atoms with van der Waals surface area (Å²) in [6.07, 6.45) is -3.24. The van der Waals surface area contributed by atoms with Crippen molar-refractivity contribution in [3.8, 4) is 5.75 Å². The van der Waals surface area contributed by atoms with Crippen molar-refractivity contribution in [2.45, 2.75) is 24.5 Å². The number of aliphatic hydroxyl groups excluding tert-OH is 2. The summed E-state index contributed by atoms with van der Waals surface area (Å²) < 4.78 is 50.1. The average Bonchev–Trinajstić information content (AvgIpc) is 3.29. The van der Waals surface area contributed by atoms with Gasteiger partial charge in [-0.3, -0.25) is 13.5 Å². The van der Waals surface area contributed by atoms with Crippen molar-refractivity contribution < 1.29 is 71.4 Å². The summed E-state index contributed by atoms with van der Waals surface area (Å²) in [4.78, 5) is 23.8. The maximum absolute atomic E-state index is 13.0. The zero-order chi connectivity index (χ0) is 23.9. The van der Waals surface area contributed by atoms with Gasteiger partial charge in [0.2, 0.25) is 0 Å². The number of halogens is 1. The number of hydrogen-bond donors (Lipinski definition) is 4. The van der Waals surface area contributed by atoms with Gasteiger partial charge in [0, 0.05) is 5.56 Å². The van der Waals surface area contributed by atoms with Crippen LogP contribution >= 0.6 is 0 Å². The van der Waals surface area contributed by atoms with E-state index in [0.29, 0.717) is 6.07 Å². The van der Waals surface area contributed by atoms with Crippen LogP contribution in [0.2, 0.25) is 0 Å². The number of nitrogens with one attached hydrogen (secondary N) is 1. The minimum absolute atomic E-state index is 0. The van der Waals surface area contributed by atoms with Crippen LogP contribution in [0, 0.1) is 5.82 Å². The first-order valence-corrected chi connectivity index (χ1v) is 10.6. The summed E-state index contributed by atoms with van der Waals surface area (Å²) in [5.41, 5.74) is 5.52. The van der Waals surface area contributed by atoms with Crippen molar-refractivity contribution in [2.75, 3.05) is 12.3 Å². The maximum Gasteiger partial charge on any atom is 1.00 e. The molecule has 3 aromatic rings. The van der Waals surface area contributed by atoms with Gasteiger partial charge in [0.15, 0.2) is 17.7 Å². The molecule has 5 N–H and O–H groups in total. The molecule has 0 bridgehead atoms. The van der Waals surface area contributed by atoms with Crippen LogP contribution in [-0.4, -0.2) is 69.0 Å². The second-order valence-corrected chi connectivity index (χ2v) is 8.29. The van der Waals surface area contributed by atoms with Gasteiger partial charge < -0.3 is 25.8 Å². The Morgan fingerprint density at radius 2 is 2.03 bits per heavy atom. The number of rotatable bonds is 6. The molecule has 176 valence electrons. The summed E-state index contributed by atoms with van der Waals surface area (Å²) in [5.74, 6) is -3.18. The number of nitrogen functional groups attached to an aromatic ring is 1. The Labute approximate surface area is 213 Å². The van der Waals surface area contributed by atoms with E-state index in [2.05, 4.69) is 19.1 Å². The molecule has 4 rings (SSSR count). The van der Waals surface area contributed by atoms with Gasteiger partial charge in [-0.15, -0.1) is 0 Å². The van der Waals surface area contributed by atoms with Crippen molar-refractivity contribution in [1.82, 2.24) is 24.2 Å². The van der Waals surface area contributed by atoms with Gasteiger partial charge in [0.05, 0.1) is 12.9 Å². The second-order valence-electron chi connectivity index (χ2n) is 6.94. The summed E-state index contributed by atoms with van der Waals surface area (Å²) in [5, 5.41) is 32.3. The third-order valence-electron chi connectivity index (χ3n) is 4.79. The number of ether oxygens (including phenoxy) is 1. The third-order valence-corrected chi connectivity index (χ3v) is 5.67. The molecule has 1 amide bonds. The molecule has 17 heteroatoms. The first-order valence-electron chi connectivity index (χ1n) is 9.20. The van der Waals surface area contributed by atoms with Crippen molar-refractivity contribution in [3.63, 3.8) is 0 Å². The molecule has 0 saturated carbocycles. The molecule has 2 aromatic heterocycles. The predicted octanol–water partition coefficient (Wildman–Crippen LogP) is -5.06. The van der Waals surface area contributed by atoms with Crippen LogP contribution in [0.4, 0.5) is 10.2 Å². The van der Waals surface area contributed by atoms with Gasteiger partial charge in [0.1, 0.15) is 36.0 Å². The second kappa shape index (κ2) is 10.0. The van der Waals surface area contributed by atoms with Crippen LogP contribution in [0.5, 0.6) is 5.75 Å². The van der Waals surface area contributed by atoms with E-state index >= 15 is 0 Å². The quantitative estimate of drug-likeness (QED) is 0.231. The SMILES string of the molecule is Nc1ncnc2c1ncn2[C@H]1O[C@@H](COS(=O)(=O)NC(=O)c2ccc(F)cc2[O-])[C@H](O)[C@@H]1O.[Na+]. The number of hydrogen-bond acceptors (Lipinski definition) is 12. The number of anilines is 1. The van der Waals surface area contributed by atoms with Gasteiger partial charge >= 0.3 is 39.9 Å². The molecule has 14 nitrogen and oxygen atoms in total. The molecule has 1 fully saturated rings. The van der Waals surface area contributed by atoms with Gasteiger partial charge in [-0.2, -0.15) is 8.42 Å². The number of imidazole rings is 1. The van der Waals surface area contributed by atoms with E-state index in [1.165, 1.54) is 15.6 Å². The monoisotopic (exact) mass is 506 g/mol. The van der Waals surface area contributed by atoms with Gasteiger partial charge in [-0.05, 0) is 18.2 Å². The van der Waals surface area contributed by atoms with E-state index in [1.807, 2.05) is 0 Å². The third kappa shape index (κ3) is 5.13. The number of amides is 1. The van der Waals surface area contributed by atoms with Crippen LogP contribution in [0.1, 0.15) is 16.6 Å². The Hall–Kier alpha value is -2.44. The smallest absolute Gasteiger partial charge is 0.872 e. The van der Waals surface area contributed by atoms with Crippen molar-refractivity contribution in [2.24, 2.45) is 0 Å². The summed E-state index contributed by atoms with van der Waals surface area (Å²) in [6.45, 7) is -0.797. The molecule has 0 radical (unpaired) electrons. The van der Waals surface area contributed by atoms with Crippen LogP contribution in [0.3, 0.4) is 0 Å². The van der Waals surface area contributed by atoms with E-state index in [-0.39, 0.29) is 46.5 Å². The zero-order valence-electron chi connectivity index (χ0n) is 17.4. The van der Waals surface area contributed by atoms with E-state index in [1.54, 1.807) is 0 Å². The van der Waals surface area contributed by atoms with Crippen molar-refractivity contribution in [3.05, 3.63) is 42.2 Å². The van der Waals surface area contributed by atoms with Gasteiger partial charge in [-0.1, -0.05) is 5.75 Å². The Kier molecular flexibility index (Phi) is 7.73. The van der Waals surface area contributed by atoms with E-state index in [0.717, 1.165) is 18.5 Å². The Morgan fingerprint density at radius 3 is 2.74 bits per heavy atom. The summed E-state index contributed by atoms with van der Waals surface area (Å²) >= 11 is 0. The van der Waals surface area contributed by atoms with Crippen LogP contribution in [-0.2, 0) is 19.2 Å². The number of aliphatic hydroxyl groups is 2. The number of nitrogens with two attached hydrogens (primary N) is 1. The Balaban J connectivity index is 0.00000324. The van der Waals surface area contributed by atoms with E-state index < -0.39 is 64.5 Å². The molecule has 0 unspecified atom stereocenters. The molecule has 0 spiro atoms. The molecule has 1 aliphatic rings. The Morgan fingerprint density at radius 1 is 1.29 bits per heavy atom. The number of aromatic nitrogens is 4. The molecule has 34 heavy (non-hydrogen) atoms. The standard InChI is InChI=1S/C17H17FN6O8S.Na/c18-7-1-2-8(9(25)3-7)16(28)23-33(29,30)31-4-10-12(26)13(27)17(32-10)24-6-22-11-14(19)20-5-21-15(11)24;/h1-3,5-6,10,12-13,17,25-27H,4H2,(H,23,28)(H2,19,20,21);/q;+1/p-1/t10-,12-,13-,17-;/m0./s1. The minimum atomic E-state index is -4.76. The average molecular weight is 506 g/mol. The fourth-order valence-corrected chi connectivity index (χ4v) is 3.90. The van der Waals surface area contributed by atoms with E-state index in [4.69, 9.17) is 10.5 Å². The van der Waals surface area contributed by atoms with Crippen molar-refractivity contribution >= 4 is 33.2 Å². The zero-order valence-corrected chi connectivity index (χ0v) is 20.2. The van der Waals surface area contributed by atoms with Gasteiger partial charge in [-0.25, -0.2) is 24.1 Å². The fourth-order valence-electron chi connectivity index (χ4n) is 3.19. The maximum atomic E-state index is 13.0. The Bertz CT molecular complexity index is 1320. The first-order chi connectivity index (χ1) is 15.6. The number of fused-ring (bicyclic) bond motifs is 1. The van der Waals surface area contributed by atoms with Gasteiger partial charge in [0.25, 0.3) is 5.91 Å². The molecule has 0 aliphatic carbocycles. The molecule has 1 aliphatic heterocycles. The molecular weight excluding hydrogens is 490 g/mol. The number of carbonyl (C=O) groups excluding carboxylic acids is 1. The predicted molar refractivity (Wildman–Crippen MR) is 104 cm³/mol. The van der Waals surface area contributed by atoms with E-state index in [9.17, 15) is 32.9 Å². The molecule has 1 aromatic carbocycles. The van der Waals surface area contributed by atoms with Crippen molar-refractivity contribution in [1.29, 1.82) is 0 Å². The molecule has 3 heterocycles. The first kappa shape index (κ1) is 26.2. The number of carbonyl (C=O) groups is 1. The number of benzene rings is 1.